The molecule has 0 atom stereocenters. The Bertz CT molecular complexity index is 130. The van der Waals surface area contributed by atoms with Crippen LogP contribution in [0.4, 0.5) is 0 Å². The van der Waals surface area contributed by atoms with E-state index in [4.69, 9.17) is 10.8 Å². The van der Waals surface area contributed by atoms with E-state index in [0.29, 0.717) is 13.1 Å². The number of aliphatic hydroxyl groups is 1. The van der Waals surface area contributed by atoms with E-state index < -0.39 is 0 Å². The molecule has 0 unspecified atom stereocenters. The quantitative estimate of drug-likeness (QED) is 0.241. The Hall–Kier alpha value is 2.35. The van der Waals surface area contributed by atoms with Gasteiger partial charge in [0.2, 0.25) is 0 Å². The maximum atomic E-state index is 10.6. The summed E-state index contributed by atoms with van der Waals surface area (Å²) in [5, 5.41) is 11.0. The molecule has 0 radical (unpaired) electrons. The fraction of sp³-hybridized carbons (Fsp3) is 0.833. The van der Waals surface area contributed by atoms with Gasteiger partial charge in [0.1, 0.15) is 6.61 Å². The number of carbonyl (C=O) groups excluding carboxylic acids is 1. The molecule has 5 nitrogen and oxygen atoms in total. The van der Waals surface area contributed by atoms with Gasteiger partial charge in [-0.05, 0) is 0 Å². The van der Waals surface area contributed by atoms with Gasteiger partial charge in [-0.15, -0.1) is 0 Å². The minimum atomic E-state index is -0.368. The van der Waals surface area contributed by atoms with Gasteiger partial charge < -0.3 is 25.2 Å². The van der Waals surface area contributed by atoms with Crippen LogP contribution in [0.5, 0.6) is 0 Å². The summed E-state index contributed by atoms with van der Waals surface area (Å²) in [6, 6.07) is 0. The molecule has 0 aromatic heterocycles. The van der Waals surface area contributed by atoms with Crippen molar-refractivity contribution in [2.45, 2.75) is 0 Å². The van der Waals surface area contributed by atoms with Crippen LogP contribution in [0.1, 0.15) is 4.28 Å². The van der Waals surface area contributed by atoms with Gasteiger partial charge in [-0.2, -0.15) is 0 Å². The molecule has 0 fully saturated rings. The number of carbonyl (C=O) groups is 1. The first-order valence-electron chi connectivity index (χ1n) is 3.48. The number of nitrogens with two attached hydrogens (primary N) is 1. The van der Waals surface area contributed by atoms with Crippen molar-refractivity contribution >= 4 is 5.97 Å². The number of nitrogens with one attached hydrogen (secondary N) is 1. The van der Waals surface area contributed by atoms with Gasteiger partial charge in [0.15, 0.2) is 0 Å². The van der Waals surface area contributed by atoms with Crippen LogP contribution in [0.25, 0.3) is 0 Å². The second kappa shape index (κ2) is 20.7. The monoisotopic (exact) mass is 234 g/mol. The predicted octanol–water partition coefficient (Wildman–Crippen LogP) is -10.6. The molecule has 0 heterocycles. The first-order chi connectivity index (χ1) is 5.31. The van der Waals surface area contributed by atoms with E-state index in [1.54, 1.807) is 0 Å². The summed E-state index contributed by atoms with van der Waals surface area (Å²) in [6.45, 7) is 1.16. The molecule has 0 aliphatic heterocycles. The van der Waals surface area contributed by atoms with Crippen LogP contribution in [0.3, 0.4) is 0 Å². The summed E-state index contributed by atoms with van der Waals surface area (Å²) < 4.78 is 4.55. The number of rotatable bonds is 6. The van der Waals surface area contributed by atoms with E-state index in [1.165, 1.54) is 0 Å². The molecule has 0 saturated heterocycles. The van der Waals surface area contributed by atoms with E-state index in [1.807, 2.05) is 0 Å². The number of aliphatic hydroxyl groups excluding tert-OH is 1. The van der Waals surface area contributed by atoms with Gasteiger partial charge in [-0.25, -0.2) is 0 Å². The Morgan fingerprint density at radius 1 is 1.43 bits per heavy atom. The molecule has 8 heteroatoms. The standard InChI is InChI=1S/C6H14N2O3.3Na.3H/c7-1-2-8-5-6(10)11-4-3-9;;;;;;/h8-9H,1-5,7H2;;;;;;/q;3*+1;3*-1. The molecule has 4 N–H and O–H groups in total. The Kier molecular flexibility index (Phi) is 37.4. The van der Waals surface area contributed by atoms with Gasteiger partial charge in [0, 0.05) is 13.1 Å². The Morgan fingerprint density at radius 3 is 2.43 bits per heavy atom. The van der Waals surface area contributed by atoms with Gasteiger partial charge in [-0.1, -0.05) is 0 Å². The zero-order valence-electron chi connectivity index (χ0n) is 12.4. The molecule has 0 aromatic rings. The average molecular weight is 234 g/mol. The molecule has 14 heavy (non-hydrogen) atoms. The Morgan fingerprint density at radius 2 is 2.00 bits per heavy atom. The number of esters is 1. The van der Waals surface area contributed by atoms with E-state index in [0.717, 1.165) is 0 Å². The van der Waals surface area contributed by atoms with Gasteiger partial charge in [0.25, 0.3) is 0 Å². The molecule has 0 amide bonds. The molecule has 0 aliphatic carbocycles. The van der Waals surface area contributed by atoms with Crippen LogP contribution in [-0.2, 0) is 9.53 Å². The van der Waals surface area contributed by atoms with E-state index in [-0.39, 0.29) is 119 Å². The van der Waals surface area contributed by atoms with Gasteiger partial charge in [-0.3, -0.25) is 4.79 Å². The third-order valence-electron chi connectivity index (χ3n) is 0.945. The second-order valence-electron chi connectivity index (χ2n) is 1.91. The molecule has 72 valence electrons. The maximum absolute atomic E-state index is 10.6. The molecule has 0 saturated carbocycles. The third-order valence-corrected chi connectivity index (χ3v) is 0.945. The summed E-state index contributed by atoms with van der Waals surface area (Å²) in [6.07, 6.45) is 0. The topological polar surface area (TPSA) is 84.6 Å². The zero-order chi connectivity index (χ0) is 8.53. The summed E-state index contributed by atoms with van der Waals surface area (Å²) in [4.78, 5) is 10.6. The minimum Gasteiger partial charge on any atom is -1.00 e. The Labute approximate surface area is 155 Å². The zero-order valence-corrected chi connectivity index (χ0v) is 15.4. The smallest absolute Gasteiger partial charge is 1.00 e. The second-order valence-corrected chi connectivity index (χ2v) is 1.91. The van der Waals surface area contributed by atoms with Gasteiger partial charge >= 0.3 is 94.6 Å². The molecular weight excluding hydrogens is 217 g/mol. The van der Waals surface area contributed by atoms with E-state index in [2.05, 4.69) is 10.1 Å². The van der Waals surface area contributed by atoms with Crippen molar-refractivity contribution in [3.63, 3.8) is 0 Å². The average Bonchev–Trinajstić information content (AvgIpc) is 2.01. The van der Waals surface area contributed by atoms with Crippen LogP contribution in [0, 0.1) is 0 Å². The van der Waals surface area contributed by atoms with E-state index in [9.17, 15) is 4.79 Å². The molecule has 0 aromatic carbocycles. The number of ether oxygens (including phenoxy) is 1. The molecule has 0 aliphatic rings. The van der Waals surface area contributed by atoms with Crippen LogP contribution >= 0.6 is 0 Å². The normalized spacial score (nSPS) is 7.57. The third kappa shape index (κ3) is 19.9. The van der Waals surface area contributed by atoms with Crippen molar-refractivity contribution in [3.8, 4) is 0 Å². The molecule has 0 bridgehead atoms. The molecule has 0 spiro atoms. The number of hydrogen-bond acceptors (Lipinski definition) is 5. The first-order valence-corrected chi connectivity index (χ1v) is 3.48. The Balaban J connectivity index is -0.0000000333. The maximum Gasteiger partial charge on any atom is 1.00 e. The van der Waals surface area contributed by atoms with Crippen LogP contribution in [-0.4, -0.2) is 43.9 Å². The van der Waals surface area contributed by atoms with Crippen molar-refractivity contribution < 1.29 is 108 Å². The molecular formula is C6H17N2Na3O3. The fourth-order valence-corrected chi connectivity index (χ4v) is 0.503. The van der Waals surface area contributed by atoms with Crippen LogP contribution < -0.4 is 99.7 Å². The number of hydrogen-bond donors (Lipinski definition) is 3. The van der Waals surface area contributed by atoms with Gasteiger partial charge in [0.05, 0.1) is 13.2 Å². The largest absolute Gasteiger partial charge is 1.00 e. The first kappa shape index (κ1) is 25.3. The molecule has 0 rings (SSSR count). The van der Waals surface area contributed by atoms with Crippen molar-refractivity contribution in [1.82, 2.24) is 5.32 Å². The minimum absolute atomic E-state index is 0. The van der Waals surface area contributed by atoms with Crippen LogP contribution in [0.15, 0.2) is 0 Å². The summed E-state index contributed by atoms with van der Waals surface area (Å²) in [5.41, 5.74) is 5.16. The summed E-state index contributed by atoms with van der Waals surface area (Å²) in [7, 11) is 0. The van der Waals surface area contributed by atoms with Crippen molar-refractivity contribution in [2.75, 3.05) is 32.8 Å². The fourth-order valence-electron chi connectivity index (χ4n) is 0.503. The summed E-state index contributed by atoms with van der Waals surface area (Å²) >= 11 is 0. The van der Waals surface area contributed by atoms with Crippen molar-refractivity contribution in [2.24, 2.45) is 5.73 Å². The van der Waals surface area contributed by atoms with Crippen LogP contribution in [0.2, 0.25) is 0 Å². The van der Waals surface area contributed by atoms with Crippen molar-refractivity contribution in [1.29, 1.82) is 0 Å². The SMILES string of the molecule is NCCNCC(=O)OCCO.[H-].[H-].[H-].[Na+].[Na+].[Na+]. The van der Waals surface area contributed by atoms with Crippen molar-refractivity contribution in [3.05, 3.63) is 0 Å². The predicted molar refractivity (Wildman–Crippen MR) is 43.3 cm³/mol. The van der Waals surface area contributed by atoms with E-state index >= 15 is 0 Å². The summed E-state index contributed by atoms with van der Waals surface area (Å²) in [5.74, 6) is -0.368.